The highest BCUT2D eigenvalue weighted by atomic mass is 32.1. The average molecular weight is 363 g/mol. The van der Waals surface area contributed by atoms with Crippen molar-refractivity contribution in [3.8, 4) is 0 Å². The topological polar surface area (TPSA) is 95.7 Å². The third kappa shape index (κ3) is 4.26. The van der Waals surface area contributed by atoms with Crippen molar-refractivity contribution in [2.24, 2.45) is 0 Å². The summed E-state index contributed by atoms with van der Waals surface area (Å²) in [5.74, 6) is -0.415. The Balaban J connectivity index is 1.58. The first-order chi connectivity index (χ1) is 12.0. The number of amides is 1. The zero-order chi connectivity index (χ0) is 17.8. The van der Waals surface area contributed by atoms with Gasteiger partial charge < -0.3 is 14.9 Å². The Hall–Kier alpha value is -2.19. The quantitative estimate of drug-likeness (QED) is 0.817. The number of carbonyl (C=O) groups is 2. The molecule has 0 radical (unpaired) electrons. The first-order valence-corrected chi connectivity index (χ1v) is 9.20. The fraction of sp³-hybridized carbons (Fsp3) is 0.471. The Labute approximate surface area is 149 Å². The van der Waals surface area contributed by atoms with E-state index in [4.69, 9.17) is 9.63 Å². The SMILES string of the molecule is Cc1cc([C@@H]2CCCCN2CCC(=O)Nc2ccsc2C(=O)O)no1. The van der Waals surface area contributed by atoms with Crippen molar-refractivity contribution >= 4 is 28.9 Å². The third-order valence-electron chi connectivity index (χ3n) is 4.36. The van der Waals surface area contributed by atoms with Crippen LogP contribution in [-0.4, -0.2) is 40.1 Å². The standard InChI is InChI=1S/C17H21N3O4S/c1-11-10-13(19-24-11)14-4-2-3-7-20(14)8-5-15(21)18-12-6-9-25-16(12)17(22)23/h6,9-10,14H,2-5,7-8H2,1H3,(H,18,21)(H,22,23)/t14-/m0/s1. The largest absolute Gasteiger partial charge is 0.477 e. The number of thiophene rings is 1. The molecule has 1 aliphatic rings. The summed E-state index contributed by atoms with van der Waals surface area (Å²) in [6, 6.07) is 3.75. The van der Waals surface area contributed by atoms with Crippen LogP contribution in [0.2, 0.25) is 0 Å². The number of carboxylic acid groups (broad SMARTS) is 1. The third-order valence-corrected chi connectivity index (χ3v) is 5.26. The second kappa shape index (κ2) is 7.79. The molecule has 2 N–H and O–H groups in total. The van der Waals surface area contributed by atoms with Crippen molar-refractivity contribution in [1.29, 1.82) is 0 Å². The molecule has 2 aromatic rings. The molecule has 3 rings (SSSR count). The maximum atomic E-state index is 12.2. The smallest absolute Gasteiger partial charge is 0.348 e. The molecule has 1 aliphatic heterocycles. The van der Waals surface area contributed by atoms with Crippen LogP contribution in [0.3, 0.4) is 0 Å². The van der Waals surface area contributed by atoms with Gasteiger partial charge in [0, 0.05) is 19.0 Å². The Bertz CT molecular complexity index is 755. The van der Waals surface area contributed by atoms with Crippen LogP contribution in [0.15, 0.2) is 22.0 Å². The van der Waals surface area contributed by atoms with Crippen LogP contribution in [0.5, 0.6) is 0 Å². The van der Waals surface area contributed by atoms with E-state index in [1.54, 1.807) is 11.4 Å². The van der Waals surface area contributed by atoms with E-state index >= 15 is 0 Å². The van der Waals surface area contributed by atoms with Gasteiger partial charge in [-0.15, -0.1) is 11.3 Å². The van der Waals surface area contributed by atoms with E-state index in [1.165, 1.54) is 0 Å². The summed E-state index contributed by atoms with van der Waals surface area (Å²) in [5, 5.41) is 17.6. The van der Waals surface area contributed by atoms with E-state index < -0.39 is 5.97 Å². The molecule has 25 heavy (non-hydrogen) atoms. The van der Waals surface area contributed by atoms with E-state index in [0.717, 1.165) is 48.6 Å². The molecule has 0 aliphatic carbocycles. The maximum Gasteiger partial charge on any atom is 0.348 e. The van der Waals surface area contributed by atoms with Gasteiger partial charge in [-0.25, -0.2) is 4.79 Å². The van der Waals surface area contributed by atoms with Gasteiger partial charge in [-0.1, -0.05) is 11.6 Å². The number of carboxylic acids is 1. The summed E-state index contributed by atoms with van der Waals surface area (Å²) in [4.78, 5) is 25.7. The van der Waals surface area contributed by atoms with Crippen LogP contribution in [0.1, 0.15) is 52.9 Å². The normalized spacial score (nSPS) is 18.2. The summed E-state index contributed by atoms with van der Waals surface area (Å²) in [6.07, 6.45) is 3.54. The number of carbonyl (C=O) groups excluding carboxylic acids is 1. The Morgan fingerprint density at radius 2 is 2.32 bits per heavy atom. The summed E-state index contributed by atoms with van der Waals surface area (Å²) in [6.45, 7) is 3.40. The first-order valence-electron chi connectivity index (χ1n) is 8.32. The second-order valence-corrected chi connectivity index (χ2v) is 7.09. The van der Waals surface area contributed by atoms with Gasteiger partial charge in [-0.3, -0.25) is 9.69 Å². The van der Waals surface area contributed by atoms with Gasteiger partial charge in [-0.2, -0.15) is 0 Å². The summed E-state index contributed by atoms with van der Waals surface area (Å²) in [7, 11) is 0. The van der Waals surface area contributed by atoms with Crippen molar-refractivity contribution < 1.29 is 19.2 Å². The molecule has 134 valence electrons. The molecule has 1 amide bonds. The Morgan fingerprint density at radius 1 is 1.48 bits per heavy atom. The van der Waals surface area contributed by atoms with Gasteiger partial charge >= 0.3 is 5.97 Å². The van der Waals surface area contributed by atoms with Gasteiger partial charge in [0.25, 0.3) is 0 Å². The minimum atomic E-state index is -1.03. The van der Waals surface area contributed by atoms with Crippen LogP contribution >= 0.6 is 11.3 Å². The van der Waals surface area contributed by atoms with Gasteiger partial charge in [0.1, 0.15) is 16.3 Å². The molecule has 0 unspecified atom stereocenters. The number of hydrogen-bond acceptors (Lipinski definition) is 6. The number of aromatic nitrogens is 1. The Kier molecular flexibility index (Phi) is 5.50. The van der Waals surface area contributed by atoms with Crippen molar-refractivity contribution in [3.05, 3.63) is 33.8 Å². The summed E-state index contributed by atoms with van der Waals surface area (Å²) < 4.78 is 5.19. The molecule has 1 saturated heterocycles. The lowest BCUT2D eigenvalue weighted by Crippen LogP contribution is -2.35. The molecule has 8 heteroatoms. The van der Waals surface area contributed by atoms with Crippen LogP contribution in [-0.2, 0) is 4.79 Å². The second-order valence-electron chi connectivity index (χ2n) is 6.18. The molecular formula is C17H21N3O4S. The van der Waals surface area contributed by atoms with Crippen molar-refractivity contribution in [1.82, 2.24) is 10.1 Å². The van der Waals surface area contributed by atoms with E-state index in [0.29, 0.717) is 18.7 Å². The van der Waals surface area contributed by atoms with Gasteiger partial charge in [0.05, 0.1) is 11.7 Å². The monoisotopic (exact) mass is 363 g/mol. The fourth-order valence-electron chi connectivity index (χ4n) is 3.17. The molecule has 7 nitrogen and oxygen atoms in total. The van der Waals surface area contributed by atoms with Crippen LogP contribution in [0, 0.1) is 6.92 Å². The molecule has 0 spiro atoms. The number of nitrogens with one attached hydrogen (secondary N) is 1. The number of aromatic carboxylic acids is 1. The number of piperidine rings is 1. The van der Waals surface area contributed by atoms with E-state index in [1.807, 2.05) is 13.0 Å². The number of rotatable bonds is 6. The number of aryl methyl sites for hydroxylation is 1. The highest BCUT2D eigenvalue weighted by Gasteiger charge is 2.26. The van der Waals surface area contributed by atoms with Crippen LogP contribution in [0.4, 0.5) is 5.69 Å². The van der Waals surface area contributed by atoms with Crippen molar-refractivity contribution in [3.63, 3.8) is 0 Å². The average Bonchev–Trinajstić information content (AvgIpc) is 3.22. The van der Waals surface area contributed by atoms with Gasteiger partial charge in [0.15, 0.2) is 0 Å². The lowest BCUT2D eigenvalue weighted by molar-refractivity contribution is -0.116. The number of anilines is 1. The molecule has 1 fully saturated rings. The summed E-state index contributed by atoms with van der Waals surface area (Å²) in [5.41, 5.74) is 1.29. The molecule has 0 saturated carbocycles. The van der Waals surface area contributed by atoms with E-state index in [9.17, 15) is 9.59 Å². The molecule has 3 heterocycles. The van der Waals surface area contributed by atoms with Crippen molar-refractivity contribution in [2.45, 2.75) is 38.6 Å². The lowest BCUT2D eigenvalue weighted by Gasteiger charge is -2.34. The molecule has 0 aromatic carbocycles. The number of nitrogens with zero attached hydrogens (tertiary/aromatic N) is 2. The predicted octanol–water partition coefficient (Wildman–Crippen LogP) is 3.30. The predicted molar refractivity (Wildman–Crippen MR) is 93.9 cm³/mol. The van der Waals surface area contributed by atoms with E-state index in [2.05, 4.69) is 15.4 Å². The molecule has 2 aromatic heterocycles. The minimum Gasteiger partial charge on any atom is -0.477 e. The van der Waals surface area contributed by atoms with Gasteiger partial charge in [-0.05, 0) is 37.8 Å². The molecular weight excluding hydrogens is 342 g/mol. The molecule has 1 atom stereocenters. The fourth-order valence-corrected chi connectivity index (χ4v) is 3.85. The molecule has 0 bridgehead atoms. The van der Waals surface area contributed by atoms with Crippen LogP contribution in [0.25, 0.3) is 0 Å². The summed E-state index contributed by atoms with van der Waals surface area (Å²) >= 11 is 1.10. The number of hydrogen-bond donors (Lipinski definition) is 2. The highest BCUT2D eigenvalue weighted by molar-refractivity contribution is 7.12. The number of likely N-dealkylation sites (tertiary alicyclic amines) is 1. The zero-order valence-electron chi connectivity index (χ0n) is 14.0. The first kappa shape index (κ1) is 17.6. The van der Waals surface area contributed by atoms with Gasteiger partial charge in [0.2, 0.25) is 5.91 Å². The van der Waals surface area contributed by atoms with Crippen LogP contribution < -0.4 is 5.32 Å². The van der Waals surface area contributed by atoms with E-state index in [-0.39, 0.29) is 16.8 Å². The van der Waals surface area contributed by atoms with Crippen molar-refractivity contribution in [2.75, 3.05) is 18.4 Å². The zero-order valence-corrected chi connectivity index (χ0v) is 14.8. The Morgan fingerprint density at radius 3 is 3.04 bits per heavy atom. The minimum absolute atomic E-state index is 0.155. The lowest BCUT2D eigenvalue weighted by atomic mass is 9.99. The maximum absolute atomic E-state index is 12.2. The highest BCUT2D eigenvalue weighted by Crippen LogP contribution is 2.30.